The monoisotopic (exact) mass is 361 g/mol. The number of hydrazine groups is 1. The number of hydrogen-bond acceptors (Lipinski definition) is 6. The predicted octanol–water partition coefficient (Wildman–Crippen LogP) is 1.87. The van der Waals surface area contributed by atoms with Crippen molar-refractivity contribution in [3.8, 4) is 11.5 Å². The van der Waals surface area contributed by atoms with Crippen LogP contribution in [-0.4, -0.2) is 31.0 Å². The predicted molar refractivity (Wildman–Crippen MR) is 95.4 cm³/mol. The van der Waals surface area contributed by atoms with E-state index in [2.05, 4.69) is 15.8 Å². The molecule has 2 N–H and O–H groups in total. The summed E-state index contributed by atoms with van der Waals surface area (Å²) in [5.41, 5.74) is 6.11. The number of carbonyl (C=O) groups is 2. The average Bonchev–Trinajstić information content (AvgIpc) is 3.02. The molecule has 2 rings (SSSR count). The SMILES string of the molecule is COc1ccc(C=CC(=O)NNC(=O)Cc2csc(C)n2)cc1OC. The second kappa shape index (κ2) is 8.84. The second-order valence-electron chi connectivity index (χ2n) is 5.02. The average molecular weight is 361 g/mol. The third-order valence-corrected chi connectivity index (χ3v) is 3.99. The van der Waals surface area contributed by atoms with Crippen LogP contribution in [0.3, 0.4) is 0 Å². The van der Waals surface area contributed by atoms with Crippen LogP contribution in [0.4, 0.5) is 0 Å². The number of nitrogens with one attached hydrogen (secondary N) is 2. The molecule has 2 aromatic rings. The fraction of sp³-hybridized carbons (Fsp3) is 0.235. The van der Waals surface area contributed by atoms with Crippen LogP contribution in [0.5, 0.6) is 11.5 Å². The number of amides is 2. The summed E-state index contributed by atoms with van der Waals surface area (Å²) in [4.78, 5) is 27.7. The van der Waals surface area contributed by atoms with Gasteiger partial charge < -0.3 is 9.47 Å². The first-order chi connectivity index (χ1) is 12.0. The van der Waals surface area contributed by atoms with Crippen molar-refractivity contribution in [2.24, 2.45) is 0 Å². The number of thiazole rings is 1. The smallest absolute Gasteiger partial charge is 0.262 e. The van der Waals surface area contributed by atoms with Crippen LogP contribution in [-0.2, 0) is 16.0 Å². The molecule has 1 aromatic carbocycles. The molecule has 0 unspecified atom stereocenters. The van der Waals surface area contributed by atoms with Gasteiger partial charge in [-0.1, -0.05) is 6.07 Å². The first kappa shape index (κ1) is 18.5. The van der Waals surface area contributed by atoms with E-state index in [9.17, 15) is 9.59 Å². The molecule has 0 radical (unpaired) electrons. The number of methoxy groups -OCH3 is 2. The normalized spacial score (nSPS) is 10.5. The maximum Gasteiger partial charge on any atom is 0.262 e. The van der Waals surface area contributed by atoms with E-state index in [1.54, 1.807) is 31.4 Å². The zero-order valence-electron chi connectivity index (χ0n) is 14.2. The summed E-state index contributed by atoms with van der Waals surface area (Å²) < 4.78 is 10.4. The van der Waals surface area contributed by atoms with E-state index in [-0.39, 0.29) is 12.3 Å². The van der Waals surface area contributed by atoms with Crippen LogP contribution in [0.25, 0.3) is 6.08 Å². The highest BCUT2D eigenvalue weighted by Crippen LogP contribution is 2.27. The molecule has 7 nitrogen and oxygen atoms in total. The Labute approximate surface area is 149 Å². The first-order valence-corrected chi connectivity index (χ1v) is 8.29. The molecule has 0 saturated carbocycles. The lowest BCUT2D eigenvalue weighted by Gasteiger charge is -2.07. The summed E-state index contributed by atoms with van der Waals surface area (Å²) in [5, 5.41) is 2.71. The van der Waals surface area contributed by atoms with Gasteiger partial charge in [-0.2, -0.15) is 0 Å². The van der Waals surface area contributed by atoms with Gasteiger partial charge in [0.05, 0.1) is 31.3 Å². The lowest BCUT2D eigenvalue weighted by molar-refractivity contribution is -0.126. The Balaban J connectivity index is 1.85. The van der Waals surface area contributed by atoms with Crippen LogP contribution in [0.2, 0.25) is 0 Å². The van der Waals surface area contributed by atoms with Gasteiger partial charge in [0.15, 0.2) is 11.5 Å². The van der Waals surface area contributed by atoms with Crippen LogP contribution in [0.1, 0.15) is 16.3 Å². The summed E-state index contributed by atoms with van der Waals surface area (Å²) >= 11 is 1.47. The van der Waals surface area contributed by atoms with Crippen molar-refractivity contribution in [2.75, 3.05) is 14.2 Å². The Morgan fingerprint density at radius 2 is 1.96 bits per heavy atom. The van der Waals surface area contributed by atoms with Crippen molar-refractivity contribution in [3.63, 3.8) is 0 Å². The lowest BCUT2D eigenvalue weighted by atomic mass is 10.2. The van der Waals surface area contributed by atoms with E-state index in [0.29, 0.717) is 17.2 Å². The molecule has 0 bridgehead atoms. The lowest BCUT2D eigenvalue weighted by Crippen LogP contribution is -2.41. The highest BCUT2D eigenvalue weighted by Gasteiger charge is 2.07. The molecule has 0 aliphatic heterocycles. The van der Waals surface area contributed by atoms with Gasteiger partial charge in [-0.05, 0) is 30.7 Å². The highest BCUT2D eigenvalue weighted by molar-refractivity contribution is 7.09. The number of hydrogen-bond donors (Lipinski definition) is 2. The molecule has 8 heteroatoms. The number of aryl methyl sites for hydroxylation is 1. The van der Waals surface area contributed by atoms with Crippen molar-refractivity contribution in [1.82, 2.24) is 15.8 Å². The Kier molecular flexibility index (Phi) is 6.53. The zero-order chi connectivity index (χ0) is 18.2. The largest absolute Gasteiger partial charge is 0.493 e. The molecule has 0 aliphatic rings. The Morgan fingerprint density at radius 1 is 1.20 bits per heavy atom. The number of carbonyl (C=O) groups excluding carboxylic acids is 2. The van der Waals surface area contributed by atoms with Crippen molar-refractivity contribution in [1.29, 1.82) is 0 Å². The maximum atomic E-state index is 11.8. The van der Waals surface area contributed by atoms with E-state index in [1.165, 1.54) is 24.5 Å². The van der Waals surface area contributed by atoms with Gasteiger partial charge in [0.2, 0.25) is 5.91 Å². The molecule has 2 amide bonds. The van der Waals surface area contributed by atoms with E-state index >= 15 is 0 Å². The molecule has 0 atom stereocenters. The summed E-state index contributed by atoms with van der Waals surface area (Å²) in [7, 11) is 3.09. The standard InChI is InChI=1S/C17H19N3O4S/c1-11-18-13(10-25-11)9-17(22)20-19-16(21)7-5-12-4-6-14(23-2)15(8-12)24-3/h4-8,10H,9H2,1-3H3,(H,19,21)(H,20,22). The molecule has 132 valence electrons. The van der Waals surface area contributed by atoms with Crippen LogP contribution in [0.15, 0.2) is 29.7 Å². The fourth-order valence-electron chi connectivity index (χ4n) is 2.00. The van der Waals surface area contributed by atoms with Gasteiger partial charge in [-0.15, -0.1) is 11.3 Å². The molecular formula is C17H19N3O4S. The van der Waals surface area contributed by atoms with Gasteiger partial charge >= 0.3 is 0 Å². The summed E-state index contributed by atoms with van der Waals surface area (Å²) in [6.07, 6.45) is 3.03. The van der Waals surface area contributed by atoms with Crippen LogP contribution < -0.4 is 20.3 Å². The molecule has 0 saturated heterocycles. The molecule has 0 aliphatic carbocycles. The fourth-order valence-corrected chi connectivity index (χ4v) is 2.61. The number of nitrogens with zero attached hydrogens (tertiary/aromatic N) is 1. The second-order valence-corrected chi connectivity index (χ2v) is 6.08. The van der Waals surface area contributed by atoms with Crippen molar-refractivity contribution >= 4 is 29.2 Å². The molecule has 0 fully saturated rings. The van der Waals surface area contributed by atoms with Gasteiger partial charge in [0.1, 0.15) is 0 Å². The third kappa shape index (κ3) is 5.61. The summed E-state index contributed by atoms with van der Waals surface area (Å²) in [5.74, 6) is 0.390. The third-order valence-electron chi connectivity index (χ3n) is 3.17. The van der Waals surface area contributed by atoms with Crippen LogP contribution >= 0.6 is 11.3 Å². The van der Waals surface area contributed by atoms with E-state index in [1.807, 2.05) is 12.3 Å². The highest BCUT2D eigenvalue weighted by atomic mass is 32.1. The minimum absolute atomic E-state index is 0.115. The molecule has 25 heavy (non-hydrogen) atoms. The van der Waals surface area contributed by atoms with Crippen LogP contribution in [0, 0.1) is 6.92 Å². The summed E-state index contributed by atoms with van der Waals surface area (Å²) in [6.45, 7) is 1.87. The van der Waals surface area contributed by atoms with Gasteiger partial charge in [-0.25, -0.2) is 4.98 Å². The Morgan fingerprint density at radius 3 is 2.60 bits per heavy atom. The number of rotatable bonds is 6. The van der Waals surface area contributed by atoms with Crippen molar-refractivity contribution < 1.29 is 19.1 Å². The van der Waals surface area contributed by atoms with Crippen molar-refractivity contribution in [3.05, 3.63) is 45.9 Å². The number of aromatic nitrogens is 1. The van der Waals surface area contributed by atoms with Crippen molar-refractivity contribution in [2.45, 2.75) is 13.3 Å². The number of ether oxygens (including phenoxy) is 2. The van der Waals surface area contributed by atoms with Gasteiger partial charge in [0, 0.05) is 11.5 Å². The molecule has 1 aromatic heterocycles. The van der Waals surface area contributed by atoms with E-state index in [4.69, 9.17) is 9.47 Å². The summed E-state index contributed by atoms with van der Waals surface area (Å²) in [6, 6.07) is 5.27. The van der Waals surface area contributed by atoms with E-state index < -0.39 is 5.91 Å². The Hall–Kier alpha value is -2.87. The van der Waals surface area contributed by atoms with Gasteiger partial charge in [-0.3, -0.25) is 20.4 Å². The minimum atomic E-state index is -0.447. The maximum absolute atomic E-state index is 11.8. The Bertz CT molecular complexity index is 786. The topological polar surface area (TPSA) is 89.6 Å². The molecule has 1 heterocycles. The quantitative estimate of drug-likeness (QED) is 0.606. The molecular weight excluding hydrogens is 342 g/mol. The molecule has 0 spiro atoms. The minimum Gasteiger partial charge on any atom is -0.493 e. The number of benzene rings is 1. The first-order valence-electron chi connectivity index (χ1n) is 7.41. The van der Waals surface area contributed by atoms with E-state index in [0.717, 1.165) is 10.6 Å². The zero-order valence-corrected chi connectivity index (χ0v) is 15.0. The van der Waals surface area contributed by atoms with Gasteiger partial charge in [0.25, 0.3) is 5.91 Å².